The Bertz CT molecular complexity index is 1370. The van der Waals surface area contributed by atoms with Gasteiger partial charge in [-0.1, -0.05) is 43.0 Å². The van der Waals surface area contributed by atoms with E-state index >= 15 is 0 Å². The summed E-state index contributed by atoms with van der Waals surface area (Å²) in [6.07, 6.45) is 2.78. The fourth-order valence-electron chi connectivity index (χ4n) is 4.54. The Morgan fingerprint density at radius 1 is 1.09 bits per heavy atom. The fourth-order valence-corrected chi connectivity index (χ4v) is 4.54. The van der Waals surface area contributed by atoms with Gasteiger partial charge in [-0.3, -0.25) is 9.36 Å². The van der Waals surface area contributed by atoms with Gasteiger partial charge in [-0.15, -0.1) is 0 Å². The van der Waals surface area contributed by atoms with Crippen LogP contribution in [0.15, 0.2) is 83.9 Å². The van der Waals surface area contributed by atoms with Crippen LogP contribution < -0.4 is 10.3 Å². The fraction of sp³-hybridized carbons (Fsp3) is 0.222. The number of ether oxygens (including phenoxy) is 1. The predicted molar refractivity (Wildman–Crippen MR) is 128 cm³/mol. The molecule has 1 aliphatic rings. The van der Waals surface area contributed by atoms with Crippen molar-refractivity contribution in [2.24, 2.45) is 7.05 Å². The summed E-state index contributed by atoms with van der Waals surface area (Å²) in [7, 11) is 2.12. The smallest absolute Gasteiger partial charge is 0.258 e. The Kier molecular flexibility index (Phi) is 5.10. The maximum Gasteiger partial charge on any atom is 0.258 e. The van der Waals surface area contributed by atoms with Gasteiger partial charge in [0.05, 0.1) is 11.2 Å². The molecule has 0 amide bonds. The lowest BCUT2D eigenvalue weighted by Gasteiger charge is -2.29. The van der Waals surface area contributed by atoms with Gasteiger partial charge in [-0.2, -0.15) is 0 Å². The van der Waals surface area contributed by atoms with Crippen LogP contribution in [0.25, 0.3) is 16.6 Å². The first kappa shape index (κ1) is 20.2. The highest BCUT2D eigenvalue weighted by atomic mass is 16.5. The van der Waals surface area contributed by atoms with Crippen molar-refractivity contribution in [1.82, 2.24) is 14.0 Å². The van der Waals surface area contributed by atoms with Crippen LogP contribution in [0.5, 0.6) is 5.75 Å². The number of hydrogen-bond acceptors (Lipinski definition) is 3. The van der Waals surface area contributed by atoms with Crippen molar-refractivity contribution in [3.63, 3.8) is 0 Å². The zero-order valence-corrected chi connectivity index (χ0v) is 18.5. The first-order valence-corrected chi connectivity index (χ1v) is 10.9. The summed E-state index contributed by atoms with van der Waals surface area (Å²) in [6.45, 7) is 8.48. The summed E-state index contributed by atoms with van der Waals surface area (Å²) >= 11 is 0. The van der Waals surface area contributed by atoms with Crippen LogP contribution in [0.3, 0.4) is 0 Å². The van der Waals surface area contributed by atoms with E-state index in [-0.39, 0.29) is 5.56 Å². The van der Waals surface area contributed by atoms with E-state index in [1.807, 2.05) is 42.5 Å². The van der Waals surface area contributed by atoms with E-state index in [1.54, 1.807) is 16.8 Å². The van der Waals surface area contributed by atoms with Gasteiger partial charge in [-0.25, -0.2) is 0 Å². The third-order valence-electron chi connectivity index (χ3n) is 6.35. The average Bonchev–Trinajstić information content (AvgIpc) is 3.09. The van der Waals surface area contributed by atoms with E-state index in [9.17, 15) is 4.79 Å². The van der Waals surface area contributed by atoms with Crippen molar-refractivity contribution in [3.05, 3.63) is 106 Å². The second kappa shape index (κ2) is 8.08. The normalized spacial score (nSPS) is 13.2. The molecule has 0 saturated carbocycles. The molecule has 0 N–H and O–H groups in total. The lowest BCUT2D eigenvalue weighted by atomic mass is 10.0. The number of nitrogens with zero attached hydrogens (tertiary/aromatic N) is 3. The van der Waals surface area contributed by atoms with Crippen LogP contribution in [-0.4, -0.2) is 20.6 Å². The second-order valence-corrected chi connectivity index (χ2v) is 8.44. The number of rotatable bonds is 5. The van der Waals surface area contributed by atoms with E-state index in [0.29, 0.717) is 12.4 Å². The Morgan fingerprint density at radius 3 is 2.66 bits per heavy atom. The highest BCUT2D eigenvalue weighted by molar-refractivity contribution is 5.87. The minimum absolute atomic E-state index is 0.109. The molecule has 0 atom stereocenters. The van der Waals surface area contributed by atoms with Crippen molar-refractivity contribution < 1.29 is 4.74 Å². The molecule has 5 heteroatoms. The van der Waals surface area contributed by atoms with Gasteiger partial charge in [0.25, 0.3) is 5.56 Å². The molecule has 0 spiro atoms. The number of allylic oxidation sites excluding steroid dienone is 1. The Hall–Kier alpha value is -3.73. The molecular formula is C27H27N3O2. The van der Waals surface area contributed by atoms with Gasteiger partial charge in [0.15, 0.2) is 0 Å². The highest BCUT2D eigenvalue weighted by Gasteiger charge is 2.22. The Morgan fingerprint density at radius 2 is 1.91 bits per heavy atom. The first-order valence-electron chi connectivity index (χ1n) is 10.9. The summed E-state index contributed by atoms with van der Waals surface area (Å²) in [5.74, 6) is 0.574. The van der Waals surface area contributed by atoms with Crippen molar-refractivity contribution >= 4 is 10.9 Å². The minimum Gasteiger partial charge on any atom is -0.489 e. The van der Waals surface area contributed by atoms with E-state index in [0.717, 1.165) is 42.0 Å². The third-order valence-corrected chi connectivity index (χ3v) is 6.35. The van der Waals surface area contributed by atoms with E-state index in [1.165, 1.54) is 16.6 Å². The summed E-state index contributed by atoms with van der Waals surface area (Å²) in [5.41, 5.74) is 6.79. The molecule has 5 nitrogen and oxygen atoms in total. The summed E-state index contributed by atoms with van der Waals surface area (Å²) in [6, 6.07) is 19.6. The summed E-state index contributed by atoms with van der Waals surface area (Å²) < 4.78 is 9.75. The molecule has 0 aliphatic carbocycles. The maximum absolute atomic E-state index is 12.8. The number of aromatic nitrogens is 2. The molecule has 32 heavy (non-hydrogen) atoms. The zero-order valence-electron chi connectivity index (χ0n) is 18.5. The summed E-state index contributed by atoms with van der Waals surface area (Å²) in [5, 5.41) is 1.24. The van der Waals surface area contributed by atoms with Crippen LogP contribution >= 0.6 is 0 Å². The van der Waals surface area contributed by atoms with Gasteiger partial charge in [0.2, 0.25) is 0 Å². The number of aryl methyl sites for hydroxylation is 1. The third kappa shape index (κ3) is 3.60. The van der Waals surface area contributed by atoms with Gasteiger partial charge in [-0.05, 0) is 30.7 Å². The van der Waals surface area contributed by atoms with Crippen molar-refractivity contribution in [2.45, 2.75) is 26.5 Å². The number of benzene rings is 2. The largest absolute Gasteiger partial charge is 0.489 e. The molecule has 2 aromatic carbocycles. The molecule has 5 rings (SSSR count). The lowest BCUT2D eigenvalue weighted by Crippen LogP contribution is -2.29. The van der Waals surface area contributed by atoms with E-state index in [2.05, 4.69) is 42.2 Å². The molecule has 3 heterocycles. The highest BCUT2D eigenvalue weighted by Crippen LogP contribution is 2.32. The maximum atomic E-state index is 12.8. The molecule has 0 unspecified atom stereocenters. The first-order chi connectivity index (χ1) is 15.5. The molecule has 2 aromatic heterocycles. The van der Waals surface area contributed by atoms with E-state index < -0.39 is 0 Å². The van der Waals surface area contributed by atoms with Crippen LogP contribution in [-0.2, 0) is 26.6 Å². The van der Waals surface area contributed by atoms with Gasteiger partial charge in [0.1, 0.15) is 12.4 Å². The minimum atomic E-state index is -0.109. The molecule has 4 aromatic rings. The Balaban J connectivity index is 1.44. The molecule has 162 valence electrons. The lowest BCUT2D eigenvalue weighted by molar-refractivity contribution is 0.305. The number of fused-ring (bicyclic) bond motifs is 3. The number of pyridine rings is 1. The topological polar surface area (TPSA) is 39.4 Å². The van der Waals surface area contributed by atoms with Crippen molar-refractivity contribution in [1.29, 1.82) is 0 Å². The average molecular weight is 426 g/mol. The zero-order chi connectivity index (χ0) is 22.2. The number of hydrogen-bond donors (Lipinski definition) is 0. The SMILES string of the molecule is C=C(C)N1CCc2c(c3ccc(-n4ccc(OCc5ccccc5)cc4=O)cc3n2C)C1. The molecule has 0 saturated heterocycles. The van der Waals surface area contributed by atoms with Crippen LogP contribution in [0.2, 0.25) is 0 Å². The standard InChI is InChI=1S/C27H27N3O2/c1-19(2)29-13-12-25-24(17-29)23-10-9-21(15-26(23)28(25)3)30-14-11-22(16-27(30)31)32-18-20-7-5-4-6-8-20/h4-11,14-16H,1,12-13,17-18H2,2-3H3. The van der Waals surface area contributed by atoms with Gasteiger partial charge in [0, 0.05) is 61.2 Å². The monoisotopic (exact) mass is 425 g/mol. The molecule has 0 bridgehead atoms. The Labute approximate surface area is 187 Å². The predicted octanol–water partition coefficient (Wildman–Crippen LogP) is 4.80. The summed E-state index contributed by atoms with van der Waals surface area (Å²) in [4.78, 5) is 15.2. The quantitative estimate of drug-likeness (QED) is 0.461. The second-order valence-electron chi connectivity index (χ2n) is 8.44. The van der Waals surface area contributed by atoms with Crippen LogP contribution in [0.4, 0.5) is 0 Å². The van der Waals surface area contributed by atoms with Gasteiger partial charge < -0.3 is 14.2 Å². The van der Waals surface area contributed by atoms with E-state index in [4.69, 9.17) is 4.74 Å². The van der Waals surface area contributed by atoms with Crippen molar-refractivity contribution in [3.8, 4) is 11.4 Å². The molecule has 1 aliphatic heterocycles. The van der Waals surface area contributed by atoms with Crippen LogP contribution in [0, 0.1) is 0 Å². The molecule has 0 fully saturated rings. The van der Waals surface area contributed by atoms with Gasteiger partial charge >= 0.3 is 0 Å². The van der Waals surface area contributed by atoms with Crippen LogP contribution in [0.1, 0.15) is 23.7 Å². The molecular weight excluding hydrogens is 398 g/mol. The van der Waals surface area contributed by atoms with Crippen molar-refractivity contribution in [2.75, 3.05) is 6.54 Å². The molecule has 0 radical (unpaired) electrons.